The molecule has 0 spiro atoms. The van der Waals surface area contributed by atoms with Gasteiger partial charge in [-0.05, 0) is 18.9 Å². The normalized spacial score (nSPS) is 20.9. The standard InChI is InChI=1S/C11H15NO4/c13-11(14)8-4-10(16-6-8)5-12-9-2-1-3-15-7-9/h4,6,9,12H,1-3,5,7H2,(H,13,14). The number of hydrogen-bond acceptors (Lipinski definition) is 4. The molecule has 1 aromatic heterocycles. The van der Waals surface area contributed by atoms with Crippen molar-refractivity contribution in [3.63, 3.8) is 0 Å². The minimum absolute atomic E-state index is 0.191. The Kier molecular flexibility index (Phi) is 3.58. The molecule has 0 amide bonds. The smallest absolute Gasteiger partial charge is 0.338 e. The summed E-state index contributed by atoms with van der Waals surface area (Å²) in [6.45, 7) is 2.09. The lowest BCUT2D eigenvalue weighted by Crippen LogP contribution is -2.36. The van der Waals surface area contributed by atoms with Gasteiger partial charge in [-0.3, -0.25) is 0 Å². The minimum atomic E-state index is -0.962. The summed E-state index contributed by atoms with van der Waals surface area (Å²) in [7, 11) is 0. The fourth-order valence-corrected chi connectivity index (χ4v) is 1.73. The number of carbonyl (C=O) groups is 1. The molecular formula is C11H15NO4. The lowest BCUT2D eigenvalue weighted by molar-refractivity contribution is 0.0692. The van der Waals surface area contributed by atoms with E-state index in [0.717, 1.165) is 19.4 Å². The first-order valence-corrected chi connectivity index (χ1v) is 5.37. The van der Waals surface area contributed by atoms with Crippen molar-refractivity contribution in [3.8, 4) is 0 Å². The third-order valence-electron chi connectivity index (χ3n) is 2.63. The van der Waals surface area contributed by atoms with E-state index in [1.807, 2.05) is 0 Å². The maximum absolute atomic E-state index is 10.6. The van der Waals surface area contributed by atoms with Crippen LogP contribution in [-0.4, -0.2) is 30.3 Å². The zero-order valence-corrected chi connectivity index (χ0v) is 8.94. The molecule has 1 aromatic rings. The SMILES string of the molecule is O=C(O)c1coc(CNC2CCCOC2)c1. The second-order valence-electron chi connectivity index (χ2n) is 3.90. The number of rotatable bonds is 4. The average Bonchev–Trinajstić information content (AvgIpc) is 2.76. The van der Waals surface area contributed by atoms with Crippen molar-refractivity contribution in [1.29, 1.82) is 0 Å². The largest absolute Gasteiger partial charge is 0.478 e. The zero-order valence-electron chi connectivity index (χ0n) is 8.94. The van der Waals surface area contributed by atoms with Gasteiger partial charge in [-0.2, -0.15) is 0 Å². The summed E-state index contributed by atoms with van der Waals surface area (Å²) >= 11 is 0. The fourth-order valence-electron chi connectivity index (χ4n) is 1.73. The van der Waals surface area contributed by atoms with Crippen LogP contribution in [0, 0.1) is 0 Å². The molecule has 88 valence electrons. The van der Waals surface area contributed by atoms with E-state index in [1.54, 1.807) is 6.07 Å². The molecule has 1 fully saturated rings. The van der Waals surface area contributed by atoms with Crippen molar-refractivity contribution >= 4 is 5.97 Å². The first kappa shape index (κ1) is 11.2. The molecule has 0 aliphatic carbocycles. The topological polar surface area (TPSA) is 71.7 Å². The van der Waals surface area contributed by atoms with Gasteiger partial charge < -0.3 is 19.6 Å². The molecule has 0 aromatic carbocycles. The van der Waals surface area contributed by atoms with Crippen molar-refractivity contribution < 1.29 is 19.1 Å². The van der Waals surface area contributed by atoms with E-state index in [2.05, 4.69) is 5.32 Å². The Labute approximate surface area is 93.4 Å². The van der Waals surface area contributed by atoms with Gasteiger partial charge in [-0.15, -0.1) is 0 Å². The lowest BCUT2D eigenvalue weighted by Gasteiger charge is -2.22. The van der Waals surface area contributed by atoms with Gasteiger partial charge in [-0.25, -0.2) is 4.79 Å². The van der Waals surface area contributed by atoms with Crippen molar-refractivity contribution in [1.82, 2.24) is 5.32 Å². The Morgan fingerprint density at radius 2 is 2.50 bits per heavy atom. The molecule has 1 aliphatic heterocycles. The molecule has 5 heteroatoms. The van der Waals surface area contributed by atoms with Crippen LogP contribution >= 0.6 is 0 Å². The Morgan fingerprint density at radius 3 is 3.12 bits per heavy atom. The van der Waals surface area contributed by atoms with E-state index in [0.29, 0.717) is 25.0 Å². The second kappa shape index (κ2) is 5.14. The summed E-state index contributed by atoms with van der Waals surface area (Å²) in [6, 6.07) is 1.88. The van der Waals surface area contributed by atoms with Crippen LogP contribution in [-0.2, 0) is 11.3 Å². The fraction of sp³-hybridized carbons (Fsp3) is 0.545. The lowest BCUT2D eigenvalue weighted by atomic mass is 10.1. The first-order valence-electron chi connectivity index (χ1n) is 5.37. The highest BCUT2D eigenvalue weighted by Crippen LogP contribution is 2.10. The van der Waals surface area contributed by atoms with Crippen molar-refractivity contribution in [2.75, 3.05) is 13.2 Å². The van der Waals surface area contributed by atoms with Gasteiger partial charge in [-0.1, -0.05) is 0 Å². The number of nitrogens with one attached hydrogen (secondary N) is 1. The zero-order chi connectivity index (χ0) is 11.4. The van der Waals surface area contributed by atoms with Crippen LogP contribution < -0.4 is 5.32 Å². The van der Waals surface area contributed by atoms with E-state index < -0.39 is 5.97 Å². The van der Waals surface area contributed by atoms with Crippen molar-refractivity contribution in [2.45, 2.75) is 25.4 Å². The van der Waals surface area contributed by atoms with Gasteiger partial charge in [0, 0.05) is 12.6 Å². The number of ether oxygens (including phenoxy) is 1. The summed E-state index contributed by atoms with van der Waals surface area (Å²) in [4.78, 5) is 10.6. The Balaban J connectivity index is 1.81. The predicted molar refractivity (Wildman–Crippen MR) is 56.3 cm³/mol. The average molecular weight is 225 g/mol. The van der Waals surface area contributed by atoms with Crippen molar-refractivity contribution in [2.24, 2.45) is 0 Å². The summed E-state index contributed by atoms with van der Waals surface area (Å²) in [6.07, 6.45) is 3.42. The van der Waals surface area contributed by atoms with Crippen molar-refractivity contribution in [3.05, 3.63) is 23.7 Å². The Hall–Kier alpha value is -1.33. The number of carboxylic acids is 1. The number of aromatic carboxylic acids is 1. The molecule has 0 saturated carbocycles. The van der Waals surface area contributed by atoms with Crippen LogP contribution in [0.4, 0.5) is 0 Å². The van der Waals surface area contributed by atoms with Gasteiger partial charge in [0.1, 0.15) is 12.0 Å². The monoisotopic (exact) mass is 225 g/mol. The summed E-state index contributed by atoms with van der Waals surface area (Å²) in [5.41, 5.74) is 0.191. The van der Waals surface area contributed by atoms with Crippen LogP contribution in [0.25, 0.3) is 0 Å². The van der Waals surface area contributed by atoms with E-state index in [9.17, 15) is 4.79 Å². The number of furan rings is 1. The summed E-state index contributed by atoms with van der Waals surface area (Å²) < 4.78 is 10.5. The predicted octanol–water partition coefficient (Wildman–Crippen LogP) is 1.25. The van der Waals surface area contributed by atoms with E-state index in [-0.39, 0.29) is 5.56 Å². The maximum atomic E-state index is 10.6. The second-order valence-corrected chi connectivity index (χ2v) is 3.90. The quantitative estimate of drug-likeness (QED) is 0.806. The first-order chi connectivity index (χ1) is 7.75. The minimum Gasteiger partial charge on any atom is -0.478 e. The van der Waals surface area contributed by atoms with Gasteiger partial charge in [0.2, 0.25) is 0 Å². The molecule has 0 bridgehead atoms. The van der Waals surface area contributed by atoms with Crippen LogP contribution in [0.1, 0.15) is 29.0 Å². The number of carboxylic acid groups (broad SMARTS) is 1. The highest BCUT2D eigenvalue weighted by molar-refractivity contribution is 5.87. The van der Waals surface area contributed by atoms with Crippen LogP contribution in [0.2, 0.25) is 0 Å². The molecule has 5 nitrogen and oxygen atoms in total. The van der Waals surface area contributed by atoms with E-state index in [4.69, 9.17) is 14.3 Å². The Bertz CT molecular complexity index is 355. The van der Waals surface area contributed by atoms with Crippen LogP contribution in [0.15, 0.2) is 16.7 Å². The molecule has 2 N–H and O–H groups in total. The van der Waals surface area contributed by atoms with Crippen LogP contribution in [0.5, 0.6) is 0 Å². The van der Waals surface area contributed by atoms with Crippen LogP contribution in [0.3, 0.4) is 0 Å². The number of hydrogen-bond donors (Lipinski definition) is 2. The molecule has 1 aliphatic rings. The molecular weight excluding hydrogens is 210 g/mol. The highest BCUT2D eigenvalue weighted by Gasteiger charge is 2.14. The third-order valence-corrected chi connectivity index (χ3v) is 2.63. The highest BCUT2D eigenvalue weighted by atomic mass is 16.5. The van der Waals surface area contributed by atoms with E-state index in [1.165, 1.54) is 6.26 Å². The Morgan fingerprint density at radius 1 is 1.62 bits per heavy atom. The van der Waals surface area contributed by atoms with Gasteiger partial charge >= 0.3 is 5.97 Å². The molecule has 1 unspecified atom stereocenters. The molecule has 0 radical (unpaired) electrons. The molecule has 1 atom stereocenters. The van der Waals surface area contributed by atoms with Gasteiger partial charge in [0.15, 0.2) is 0 Å². The molecule has 2 heterocycles. The summed E-state index contributed by atoms with van der Waals surface area (Å²) in [5.74, 6) is -0.320. The third kappa shape index (κ3) is 2.84. The molecule has 16 heavy (non-hydrogen) atoms. The van der Waals surface area contributed by atoms with E-state index >= 15 is 0 Å². The summed E-state index contributed by atoms with van der Waals surface area (Å²) in [5, 5.41) is 12.0. The maximum Gasteiger partial charge on any atom is 0.338 e. The molecule has 1 saturated heterocycles. The van der Waals surface area contributed by atoms with Gasteiger partial charge in [0.05, 0.1) is 18.7 Å². The molecule has 2 rings (SSSR count). The van der Waals surface area contributed by atoms with Gasteiger partial charge in [0.25, 0.3) is 0 Å².